The van der Waals surface area contributed by atoms with Crippen molar-refractivity contribution in [2.75, 3.05) is 27.7 Å². The molecule has 4 nitrogen and oxygen atoms in total. The van der Waals surface area contributed by atoms with Gasteiger partial charge in [0.2, 0.25) is 5.91 Å². The first-order valence-corrected chi connectivity index (χ1v) is 6.11. The lowest BCUT2D eigenvalue weighted by Crippen LogP contribution is -2.35. The topological polar surface area (TPSA) is 41.6 Å². The van der Waals surface area contributed by atoms with Crippen molar-refractivity contribution in [3.63, 3.8) is 0 Å². The SMILES string of the molecule is CNCC(C)C(=O)N(C)Cc1cccc(OC)c1.Cl. The molecule has 1 aromatic rings. The molecule has 0 spiro atoms. The van der Waals surface area contributed by atoms with Crippen LogP contribution in [-0.4, -0.2) is 38.6 Å². The molecule has 108 valence electrons. The van der Waals surface area contributed by atoms with Crippen molar-refractivity contribution in [3.8, 4) is 5.75 Å². The third-order valence-electron chi connectivity index (χ3n) is 2.86. The van der Waals surface area contributed by atoms with Crippen molar-refractivity contribution in [1.29, 1.82) is 0 Å². The molecule has 0 aromatic heterocycles. The number of amides is 1. The second-order valence-corrected chi connectivity index (χ2v) is 4.50. The highest BCUT2D eigenvalue weighted by Gasteiger charge is 2.16. The summed E-state index contributed by atoms with van der Waals surface area (Å²) >= 11 is 0. The Hall–Kier alpha value is -1.26. The average molecular weight is 287 g/mol. The van der Waals surface area contributed by atoms with Gasteiger partial charge in [0.15, 0.2) is 0 Å². The first-order chi connectivity index (χ1) is 8.58. The predicted octanol–water partition coefficient (Wildman–Crippen LogP) is 1.93. The van der Waals surface area contributed by atoms with E-state index in [9.17, 15) is 4.79 Å². The Morgan fingerprint density at radius 3 is 2.74 bits per heavy atom. The van der Waals surface area contributed by atoms with E-state index in [2.05, 4.69) is 5.32 Å². The highest BCUT2D eigenvalue weighted by Crippen LogP contribution is 2.14. The van der Waals surface area contributed by atoms with Crippen LogP contribution in [0.5, 0.6) is 5.75 Å². The molecule has 1 rings (SSSR count). The van der Waals surface area contributed by atoms with Crippen LogP contribution in [0.25, 0.3) is 0 Å². The van der Waals surface area contributed by atoms with Gasteiger partial charge in [0.25, 0.3) is 0 Å². The number of ether oxygens (including phenoxy) is 1. The minimum atomic E-state index is -0.00870. The Morgan fingerprint density at radius 2 is 2.16 bits per heavy atom. The molecule has 0 aliphatic carbocycles. The standard InChI is InChI=1S/C14H22N2O2.ClH/c1-11(9-15-2)14(17)16(3)10-12-6-5-7-13(8-12)18-4;/h5-8,11,15H,9-10H2,1-4H3;1H. The van der Waals surface area contributed by atoms with Crippen LogP contribution in [0.4, 0.5) is 0 Å². The lowest BCUT2D eigenvalue weighted by atomic mass is 10.1. The molecule has 5 heteroatoms. The average Bonchev–Trinajstić information content (AvgIpc) is 2.38. The zero-order chi connectivity index (χ0) is 13.5. The Bertz CT molecular complexity index is 399. The zero-order valence-corrected chi connectivity index (χ0v) is 12.8. The van der Waals surface area contributed by atoms with Crippen molar-refractivity contribution in [3.05, 3.63) is 29.8 Å². The summed E-state index contributed by atoms with van der Waals surface area (Å²) in [6.45, 7) is 3.23. The monoisotopic (exact) mass is 286 g/mol. The van der Waals surface area contributed by atoms with Crippen LogP contribution in [0.1, 0.15) is 12.5 Å². The van der Waals surface area contributed by atoms with Gasteiger partial charge in [-0.15, -0.1) is 12.4 Å². The van der Waals surface area contributed by atoms with E-state index in [0.717, 1.165) is 11.3 Å². The van der Waals surface area contributed by atoms with Crippen molar-refractivity contribution in [1.82, 2.24) is 10.2 Å². The number of hydrogen-bond acceptors (Lipinski definition) is 3. The van der Waals surface area contributed by atoms with Gasteiger partial charge >= 0.3 is 0 Å². The molecular weight excluding hydrogens is 264 g/mol. The van der Waals surface area contributed by atoms with Gasteiger partial charge < -0.3 is 15.0 Å². The maximum atomic E-state index is 12.0. The molecule has 0 saturated carbocycles. The van der Waals surface area contributed by atoms with Crippen LogP contribution >= 0.6 is 12.4 Å². The maximum absolute atomic E-state index is 12.0. The zero-order valence-electron chi connectivity index (χ0n) is 12.0. The van der Waals surface area contributed by atoms with E-state index in [0.29, 0.717) is 13.1 Å². The second kappa shape index (κ2) is 8.77. The fourth-order valence-corrected chi connectivity index (χ4v) is 1.89. The molecule has 1 unspecified atom stereocenters. The van der Waals surface area contributed by atoms with E-state index in [4.69, 9.17) is 4.74 Å². The lowest BCUT2D eigenvalue weighted by Gasteiger charge is -2.21. The molecule has 0 heterocycles. The van der Waals surface area contributed by atoms with Crippen molar-refractivity contribution in [2.45, 2.75) is 13.5 Å². The first-order valence-electron chi connectivity index (χ1n) is 6.11. The maximum Gasteiger partial charge on any atom is 0.226 e. The summed E-state index contributed by atoms with van der Waals surface area (Å²) in [5.41, 5.74) is 1.07. The quantitative estimate of drug-likeness (QED) is 0.869. The molecule has 1 aromatic carbocycles. The minimum Gasteiger partial charge on any atom is -0.497 e. The summed E-state index contributed by atoms with van der Waals surface area (Å²) in [4.78, 5) is 13.8. The normalized spacial score (nSPS) is 11.4. The molecule has 1 N–H and O–H groups in total. The van der Waals surface area contributed by atoms with Crippen LogP contribution in [0.15, 0.2) is 24.3 Å². The fourth-order valence-electron chi connectivity index (χ4n) is 1.89. The van der Waals surface area contributed by atoms with Gasteiger partial charge in [-0.3, -0.25) is 4.79 Å². The minimum absolute atomic E-state index is 0. The Kier molecular flexibility index (Phi) is 8.19. The van der Waals surface area contributed by atoms with E-state index in [-0.39, 0.29) is 24.2 Å². The fraction of sp³-hybridized carbons (Fsp3) is 0.500. The van der Waals surface area contributed by atoms with Crippen LogP contribution in [0.3, 0.4) is 0 Å². The van der Waals surface area contributed by atoms with Crippen LogP contribution in [0, 0.1) is 5.92 Å². The number of carbonyl (C=O) groups excluding carboxylic acids is 1. The van der Waals surface area contributed by atoms with E-state index in [1.54, 1.807) is 12.0 Å². The molecule has 0 aliphatic rings. The summed E-state index contributed by atoms with van der Waals surface area (Å²) in [5.74, 6) is 0.953. The smallest absolute Gasteiger partial charge is 0.226 e. The second-order valence-electron chi connectivity index (χ2n) is 4.50. The summed E-state index contributed by atoms with van der Waals surface area (Å²) in [7, 11) is 5.32. The van der Waals surface area contributed by atoms with Gasteiger partial charge in [-0.05, 0) is 24.7 Å². The third-order valence-corrected chi connectivity index (χ3v) is 2.86. The summed E-state index contributed by atoms with van der Waals surface area (Å²) in [5, 5.41) is 3.02. The van der Waals surface area contributed by atoms with E-state index in [1.165, 1.54) is 0 Å². The molecule has 0 aliphatic heterocycles. The summed E-state index contributed by atoms with van der Waals surface area (Å²) in [6, 6.07) is 7.78. The molecule has 0 bridgehead atoms. The number of methoxy groups -OCH3 is 1. The number of benzene rings is 1. The van der Waals surface area contributed by atoms with Gasteiger partial charge in [0.05, 0.1) is 7.11 Å². The van der Waals surface area contributed by atoms with Crippen molar-refractivity contribution < 1.29 is 9.53 Å². The Morgan fingerprint density at radius 1 is 1.47 bits per heavy atom. The highest BCUT2D eigenvalue weighted by atomic mass is 35.5. The molecular formula is C14H23ClN2O2. The lowest BCUT2D eigenvalue weighted by molar-refractivity contribution is -0.134. The first kappa shape index (κ1) is 17.7. The number of halogens is 1. The number of hydrogen-bond donors (Lipinski definition) is 1. The number of carbonyl (C=O) groups is 1. The van der Waals surface area contributed by atoms with Gasteiger partial charge in [0, 0.05) is 26.1 Å². The van der Waals surface area contributed by atoms with E-state index >= 15 is 0 Å². The highest BCUT2D eigenvalue weighted by molar-refractivity contribution is 5.85. The van der Waals surface area contributed by atoms with Gasteiger partial charge in [-0.1, -0.05) is 19.1 Å². The van der Waals surface area contributed by atoms with E-state index in [1.807, 2.05) is 45.3 Å². The summed E-state index contributed by atoms with van der Waals surface area (Å²) < 4.78 is 5.17. The van der Waals surface area contributed by atoms with Crippen LogP contribution < -0.4 is 10.1 Å². The molecule has 1 atom stereocenters. The predicted molar refractivity (Wildman–Crippen MR) is 79.8 cm³/mol. The van der Waals surface area contributed by atoms with Crippen molar-refractivity contribution >= 4 is 18.3 Å². The molecule has 19 heavy (non-hydrogen) atoms. The number of nitrogens with zero attached hydrogens (tertiary/aromatic N) is 1. The Balaban J connectivity index is 0.00000324. The third kappa shape index (κ3) is 5.49. The Labute approximate surface area is 121 Å². The van der Waals surface area contributed by atoms with E-state index < -0.39 is 0 Å². The van der Waals surface area contributed by atoms with Crippen molar-refractivity contribution in [2.24, 2.45) is 5.92 Å². The molecule has 0 radical (unpaired) electrons. The van der Waals surface area contributed by atoms with Gasteiger partial charge in [0.1, 0.15) is 5.75 Å². The number of rotatable bonds is 6. The number of nitrogens with one attached hydrogen (secondary N) is 1. The summed E-state index contributed by atoms with van der Waals surface area (Å²) in [6.07, 6.45) is 0. The van der Waals surface area contributed by atoms with Gasteiger partial charge in [-0.2, -0.15) is 0 Å². The molecule has 0 saturated heterocycles. The molecule has 0 fully saturated rings. The van der Waals surface area contributed by atoms with Gasteiger partial charge in [-0.25, -0.2) is 0 Å². The van der Waals surface area contributed by atoms with Crippen LogP contribution in [0.2, 0.25) is 0 Å². The van der Waals surface area contributed by atoms with Crippen LogP contribution in [-0.2, 0) is 11.3 Å². The largest absolute Gasteiger partial charge is 0.497 e. The molecule has 1 amide bonds.